The van der Waals surface area contributed by atoms with Crippen molar-refractivity contribution >= 4 is 0 Å². The van der Waals surface area contributed by atoms with Crippen LogP contribution in [0.2, 0.25) is 0 Å². The van der Waals surface area contributed by atoms with Gasteiger partial charge in [0.1, 0.15) is 17.6 Å². The van der Waals surface area contributed by atoms with Crippen molar-refractivity contribution in [2.24, 2.45) is 0 Å². The van der Waals surface area contributed by atoms with Crippen molar-refractivity contribution in [3.05, 3.63) is 59.0 Å². The van der Waals surface area contributed by atoms with Crippen molar-refractivity contribution in [2.45, 2.75) is 13.1 Å². The molecule has 4 nitrogen and oxygen atoms in total. The minimum Gasteiger partial charge on any atom is -0.247 e. The van der Waals surface area contributed by atoms with Crippen LogP contribution in [0.1, 0.15) is 16.8 Å². The molecule has 126 valence electrons. The lowest BCUT2D eigenvalue weighted by Gasteiger charge is -2.11. The summed E-state index contributed by atoms with van der Waals surface area (Å²) in [4.78, 5) is 0. The largest absolute Gasteiger partial charge is 0.416 e. The summed E-state index contributed by atoms with van der Waals surface area (Å²) in [6.07, 6.45) is -4.65. The fourth-order valence-electron chi connectivity index (χ4n) is 2.51. The summed E-state index contributed by atoms with van der Waals surface area (Å²) in [5, 5.41) is 18.9. The first-order chi connectivity index (χ1) is 11.8. The average molecular weight is 346 g/mol. The third-order valence-electron chi connectivity index (χ3n) is 3.57. The molecule has 3 rings (SSSR count). The first kappa shape index (κ1) is 16.6. The lowest BCUT2D eigenvalue weighted by Crippen LogP contribution is -2.05. The number of nitrogens with zero attached hydrogens (tertiary/aromatic N) is 3. The first-order valence-electron chi connectivity index (χ1n) is 7.09. The molecule has 0 saturated carbocycles. The molecule has 1 N–H and O–H groups in total. The van der Waals surface area contributed by atoms with Crippen LogP contribution in [0.3, 0.4) is 0 Å². The third kappa shape index (κ3) is 3.35. The summed E-state index contributed by atoms with van der Waals surface area (Å²) in [5.74, 6) is -0.980. The zero-order valence-corrected chi connectivity index (χ0v) is 12.8. The number of nitrogens with one attached hydrogen (secondary N) is 1. The highest BCUT2D eigenvalue weighted by atomic mass is 19.4. The molecule has 25 heavy (non-hydrogen) atoms. The van der Waals surface area contributed by atoms with Gasteiger partial charge in [-0.2, -0.15) is 18.4 Å². The number of hydrogen-bond donors (Lipinski definition) is 1. The van der Waals surface area contributed by atoms with E-state index in [1.54, 1.807) is 25.1 Å². The van der Waals surface area contributed by atoms with Crippen molar-refractivity contribution in [2.75, 3.05) is 0 Å². The number of rotatable bonds is 2. The van der Waals surface area contributed by atoms with E-state index in [4.69, 9.17) is 5.26 Å². The first-order valence-corrected chi connectivity index (χ1v) is 7.09. The lowest BCUT2D eigenvalue weighted by atomic mass is 9.97. The Balaban J connectivity index is 2.17. The van der Waals surface area contributed by atoms with Crippen LogP contribution < -0.4 is 0 Å². The van der Waals surface area contributed by atoms with Crippen molar-refractivity contribution in [3.63, 3.8) is 0 Å². The smallest absolute Gasteiger partial charge is 0.247 e. The predicted octanol–water partition coefficient (Wildman–Crippen LogP) is 4.48. The van der Waals surface area contributed by atoms with Crippen LogP contribution in [0.25, 0.3) is 22.4 Å². The fourth-order valence-corrected chi connectivity index (χ4v) is 2.51. The minimum absolute atomic E-state index is 0.0827. The van der Waals surface area contributed by atoms with Gasteiger partial charge in [-0.05, 0) is 53.9 Å². The summed E-state index contributed by atoms with van der Waals surface area (Å²) >= 11 is 0. The number of halogens is 4. The van der Waals surface area contributed by atoms with Crippen LogP contribution in [0, 0.1) is 24.1 Å². The highest BCUT2D eigenvalue weighted by molar-refractivity contribution is 5.74. The number of H-pyrrole nitrogens is 1. The normalized spacial score (nSPS) is 11.4. The third-order valence-corrected chi connectivity index (χ3v) is 3.57. The van der Waals surface area contributed by atoms with Crippen molar-refractivity contribution in [1.29, 1.82) is 5.26 Å². The Kier molecular flexibility index (Phi) is 4.00. The van der Waals surface area contributed by atoms with Gasteiger partial charge in [-0.15, -0.1) is 5.10 Å². The van der Waals surface area contributed by atoms with Gasteiger partial charge in [0.15, 0.2) is 5.69 Å². The quantitative estimate of drug-likeness (QED) is 0.696. The van der Waals surface area contributed by atoms with Gasteiger partial charge in [-0.3, -0.25) is 0 Å². The molecule has 0 amide bonds. The number of aromatic nitrogens is 3. The number of alkyl halides is 3. The van der Waals surface area contributed by atoms with Crippen molar-refractivity contribution in [1.82, 2.24) is 15.4 Å². The van der Waals surface area contributed by atoms with E-state index in [9.17, 15) is 17.6 Å². The molecular weight excluding hydrogens is 336 g/mol. The second-order valence-electron chi connectivity index (χ2n) is 5.46. The monoisotopic (exact) mass is 346 g/mol. The van der Waals surface area contributed by atoms with Crippen LogP contribution in [-0.2, 0) is 6.18 Å². The molecule has 0 fully saturated rings. The van der Waals surface area contributed by atoms with Crippen molar-refractivity contribution in [3.8, 4) is 28.5 Å². The molecule has 0 radical (unpaired) electrons. The summed E-state index contributed by atoms with van der Waals surface area (Å²) in [6, 6.07) is 9.15. The molecule has 0 atom stereocenters. The number of nitriles is 1. The van der Waals surface area contributed by atoms with Gasteiger partial charge in [0.25, 0.3) is 0 Å². The molecule has 0 aliphatic rings. The molecule has 0 saturated heterocycles. The molecule has 8 heteroatoms. The number of hydrogen-bond acceptors (Lipinski definition) is 3. The molecule has 0 unspecified atom stereocenters. The second kappa shape index (κ2) is 6.02. The van der Waals surface area contributed by atoms with Crippen molar-refractivity contribution < 1.29 is 17.6 Å². The van der Waals surface area contributed by atoms with Gasteiger partial charge in [0, 0.05) is 5.56 Å². The molecule has 0 aliphatic heterocycles. The maximum atomic E-state index is 13.7. The van der Waals surface area contributed by atoms with E-state index in [1.165, 1.54) is 0 Å². The minimum atomic E-state index is -4.65. The molecule has 1 aromatic heterocycles. The zero-order chi connectivity index (χ0) is 18.2. The average Bonchev–Trinajstić information content (AvgIpc) is 3.01. The Morgan fingerprint density at radius 1 is 1.00 bits per heavy atom. The molecular formula is C17H10F4N4. The Hall–Kier alpha value is -3.21. The van der Waals surface area contributed by atoms with E-state index in [0.29, 0.717) is 17.2 Å². The van der Waals surface area contributed by atoms with Crippen LogP contribution in [0.15, 0.2) is 36.4 Å². The van der Waals surface area contributed by atoms with Gasteiger partial charge >= 0.3 is 6.18 Å². The van der Waals surface area contributed by atoms with E-state index >= 15 is 0 Å². The second-order valence-corrected chi connectivity index (χ2v) is 5.46. The van der Waals surface area contributed by atoms with Crippen LogP contribution in [0.4, 0.5) is 17.6 Å². The van der Waals surface area contributed by atoms with E-state index in [1.807, 2.05) is 6.07 Å². The highest BCUT2D eigenvalue weighted by Gasteiger charge is 2.31. The summed E-state index contributed by atoms with van der Waals surface area (Å²) < 4.78 is 52.4. The van der Waals surface area contributed by atoms with Crippen LogP contribution >= 0.6 is 0 Å². The highest BCUT2D eigenvalue weighted by Crippen LogP contribution is 2.34. The number of aromatic amines is 1. The Labute approximate surface area is 139 Å². The van der Waals surface area contributed by atoms with Gasteiger partial charge in [-0.25, -0.2) is 9.49 Å². The summed E-state index contributed by atoms with van der Waals surface area (Å²) in [7, 11) is 0. The lowest BCUT2D eigenvalue weighted by molar-refractivity contribution is -0.137. The summed E-state index contributed by atoms with van der Waals surface area (Å²) in [6.45, 7) is 1.74. The van der Waals surface area contributed by atoms with E-state index < -0.39 is 17.6 Å². The predicted molar refractivity (Wildman–Crippen MR) is 81.7 cm³/mol. The van der Waals surface area contributed by atoms with Crippen LogP contribution in [-0.4, -0.2) is 15.4 Å². The van der Waals surface area contributed by atoms with E-state index in [-0.39, 0.29) is 17.0 Å². The Morgan fingerprint density at radius 2 is 1.68 bits per heavy atom. The summed E-state index contributed by atoms with van der Waals surface area (Å²) in [5.41, 5.74) is 1.03. The topological polar surface area (TPSA) is 65.4 Å². The van der Waals surface area contributed by atoms with Gasteiger partial charge < -0.3 is 0 Å². The molecule has 0 bridgehead atoms. The SMILES string of the molecule is Cc1cc(-c2cc(F)cc(C(F)(F)F)c2)cc(-c2nn[nH]c2C#N)c1. The molecule has 2 aromatic carbocycles. The Bertz CT molecular complexity index is 983. The van der Waals surface area contributed by atoms with Crippen LogP contribution in [0.5, 0.6) is 0 Å². The van der Waals surface area contributed by atoms with E-state index in [2.05, 4.69) is 15.4 Å². The molecule has 0 aliphatic carbocycles. The number of aryl methyl sites for hydroxylation is 1. The van der Waals surface area contributed by atoms with Gasteiger partial charge in [0.2, 0.25) is 0 Å². The van der Waals surface area contributed by atoms with Gasteiger partial charge in [-0.1, -0.05) is 11.3 Å². The maximum Gasteiger partial charge on any atom is 0.416 e. The standard InChI is InChI=1S/C17H10F4N4/c1-9-2-10(4-12(3-9)16-15(8-22)23-25-24-16)11-5-13(17(19,20)21)7-14(18)6-11/h2-7H,1H3,(H,23,24,25). The molecule has 3 aromatic rings. The molecule has 0 spiro atoms. The van der Waals surface area contributed by atoms with E-state index in [0.717, 1.165) is 17.7 Å². The van der Waals surface area contributed by atoms with Gasteiger partial charge in [0.05, 0.1) is 5.56 Å². The maximum absolute atomic E-state index is 13.7. The Morgan fingerprint density at radius 3 is 2.36 bits per heavy atom. The fraction of sp³-hybridized carbons (Fsp3) is 0.118. The number of benzene rings is 2. The zero-order valence-electron chi connectivity index (χ0n) is 12.8. The molecule has 1 heterocycles.